The van der Waals surface area contributed by atoms with Crippen molar-refractivity contribution in [3.63, 3.8) is 0 Å². The van der Waals surface area contributed by atoms with Crippen LogP contribution in [0.5, 0.6) is 0 Å². The zero-order chi connectivity index (χ0) is 13.3. The number of nitro groups is 1. The fraction of sp³-hybridized carbons (Fsp3) is 0.417. The minimum Gasteiger partial charge on any atom is -0.341 e. The molecule has 0 aromatic heterocycles. The van der Waals surface area contributed by atoms with E-state index in [1.807, 2.05) is 0 Å². The fourth-order valence-electron chi connectivity index (χ4n) is 1.77. The molecule has 0 spiro atoms. The van der Waals surface area contributed by atoms with Crippen LogP contribution in [-0.2, 0) is 0 Å². The van der Waals surface area contributed by atoms with Crippen molar-refractivity contribution in [2.75, 3.05) is 13.6 Å². The van der Waals surface area contributed by atoms with Crippen molar-refractivity contribution in [3.05, 3.63) is 38.9 Å². The van der Waals surface area contributed by atoms with Crippen molar-refractivity contribution in [3.8, 4) is 0 Å². The first-order chi connectivity index (χ1) is 8.49. The number of non-ortho nitro benzene ring substituents is 1. The Kier molecular flexibility index (Phi) is 3.52. The van der Waals surface area contributed by atoms with E-state index in [4.69, 9.17) is 11.6 Å². The molecule has 5 nitrogen and oxygen atoms in total. The highest BCUT2D eigenvalue weighted by Crippen LogP contribution is 2.30. The van der Waals surface area contributed by atoms with E-state index < -0.39 is 4.92 Å². The van der Waals surface area contributed by atoms with E-state index >= 15 is 0 Å². The van der Waals surface area contributed by atoms with Crippen LogP contribution >= 0.6 is 11.6 Å². The van der Waals surface area contributed by atoms with Gasteiger partial charge in [-0.1, -0.05) is 11.6 Å². The molecule has 0 heterocycles. The van der Waals surface area contributed by atoms with Gasteiger partial charge in [0.05, 0.1) is 15.5 Å². The first-order valence-electron chi connectivity index (χ1n) is 5.68. The van der Waals surface area contributed by atoms with Gasteiger partial charge in [-0.25, -0.2) is 0 Å². The van der Waals surface area contributed by atoms with Gasteiger partial charge in [-0.2, -0.15) is 0 Å². The number of carbonyl (C=O) groups excluding carboxylic acids is 1. The lowest BCUT2D eigenvalue weighted by Crippen LogP contribution is -2.28. The van der Waals surface area contributed by atoms with Crippen LogP contribution in [0.3, 0.4) is 0 Å². The molecule has 0 N–H and O–H groups in total. The van der Waals surface area contributed by atoms with Crippen LogP contribution in [0.4, 0.5) is 5.69 Å². The Labute approximate surface area is 109 Å². The van der Waals surface area contributed by atoms with Gasteiger partial charge in [0.1, 0.15) is 0 Å². The molecular weight excluding hydrogens is 256 g/mol. The van der Waals surface area contributed by atoms with Crippen LogP contribution in [-0.4, -0.2) is 29.3 Å². The summed E-state index contributed by atoms with van der Waals surface area (Å²) in [6.07, 6.45) is 2.32. The molecule has 1 fully saturated rings. The van der Waals surface area contributed by atoms with Crippen molar-refractivity contribution in [2.45, 2.75) is 12.8 Å². The van der Waals surface area contributed by atoms with Crippen LogP contribution in [0.25, 0.3) is 0 Å². The zero-order valence-corrected chi connectivity index (χ0v) is 10.7. The van der Waals surface area contributed by atoms with Gasteiger partial charge >= 0.3 is 0 Å². The molecule has 1 aliphatic rings. The predicted molar refractivity (Wildman–Crippen MR) is 67.8 cm³/mol. The molecule has 1 amide bonds. The van der Waals surface area contributed by atoms with E-state index in [1.54, 1.807) is 11.9 Å². The molecule has 0 radical (unpaired) electrons. The third-order valence-corrected chi connectivity index (χ3v) is 3.28. The Hall–Kier alpha value is -1.62. The lowest BCUT2D eigenvalue weighted by Gasteiger charge is -2.17. The molecule has 96 valence electrons. The van der Waals surface area contributed by atoms with Gasteiger partial charge < -0.3 is 4.90 Å². The van der Waals surface area contributed by atoms with Gasteiger partial charge in [0.15, 0.2) is 0 Å². The fourth-order valence-corrected chi connectivity index (χ4v) is 2.02. The summed E-state index contributed by atoms with van der Waals surface area (Å²) >= 11 is 5.91. The Morgan fingerprint density at radius 3 is 2.72 bits per heavy atom. The molecule has 2 rings (SSSR count). The molecule has 18 heavy (non-hydrogen) atoms. The first kappa shape index (κ1) is 12.8. The minimum atomic E-state index is -0.534. The molecule has 0 unspecified atom stereocenters. The molecule has 1 aromatic carbocycles. The second-order valence-corrected chi connectivity index (χ2v) is 4.96. The summed E-state index contributed by atoms with van der Waals surface area (Å²) < 4.78 is 0. The number of nitrogens with zero attached hydrogens (tertiary/aromatic N) is 2. The number of carbonyl (C=O) groups is 1. The molecule has 0 saturated heterocycles. The summed E-state index contributed by atoms with van der Waals surface area (Å²) in [5, 5.41) is 10.7. The second kappa shape index (κ2) is 4.94. The highest BCUT2D eigenvalue weighted by atomic mass is 35.5. The number of benzene rings is 1. The lowest BCUT2D eigenvalue weighted by atomic mass is 10.1. The summed E-state index contributed by atoms with van der Waals surface area (Å²) in [5.41, 5.74) is 0.201. The van der Waals surface area contributed by atoms with Crippen molar-refractivity contribution < 1.29 is 9.72 Å². The monoisotopic (exact) mass is 268 g/mol. The Balaban J connectivity index is 2.16. The molecule has 0 bridgehead atoms. The third kappa shape index (κ3) is 2.79. The van der Waals surface area contributed by atoms with Gasteiger partial charge in [0.2, 0.25) is 0 Å². The average Bonchev–Trinajstić information content (AvgIpc) is 3.11. The van der Waals surface area contributed by atoms with Gasteiger partial charge in [-0.3, -0.25) is 14.9 Å². The van der Waals surface area contributed by atoms with Gasteiger partial charge in [-0.15, -0.1) is 0 Å². The Morgan fingerprint density at radius 2 is 2.22 bits per heavy atom. The molecule has 1 aliphatic carbocycles. The number of nitro benzene ring substituents is 1. The number of rotatable bonds is 4. The lowest BCUT2D eigenvalue weighted by molar-refractivity contribution is -0.384. The summed E-state index contributed by atoms with van der Waals surface area (Å²) in [5.74, 6) is 0.401. The van der Waals surface area contributed by atoms with Crippen LogP contribution in [0.15, 0.2) is 18.2 Å². The summed E-state index contributed by atoms with van der Waals surface area (Å²) in [6.45, 7) is 0.714. The van der Waals surface area contributed by atoms with E-state index in [2.05, 4.69) is 0 Å². The molecular formula is C12H13ClN2O3. The molecule has 1 aromatic rings. The standard InChI is InChI=1S/C12H13ClN2O3/c1-14(7-8-2-3-8)12(16)10-5-4-9(15(17)18)6-11(10)13/h4-6,8H,2-3,7H2,1H3. The number of hydrogen-bond acceptors (Lipinski definition) is 3. The van der Waals surface area contributed by atoms with Crippen molar-refractivity contribution in [1.82, 2.24) is 4.90 Å². The van der Waals surface area contributed by atoms with Gasteiger partial charge in [-0.05, 0) is 24.8 Å². The van der Waals surface area contributed by atoms with E-state index in [0.29, 0.717) is 18.0 Å². The molecule has 0 atom stereocenters. The quantitative estimate of drug-likeness (QED) is 0.623. The van der Waals surface area contributed by atoms with Crippen molar-refractivity contribution in [2.24, 2.45) is 5.92 Å². The maximum absolute atomic E-state index is 12.1. The summed E-state index contributed by atoms with van der Waals surface area (Å²) in [7, 11) is 1.72. The second-order valence-electron chi connectivity index (χ2n) is 4.55. The maximum atomic E-state index is 12.1. The third-order valence-electron chi connectivity index (χ3n) is 2.97. The number of hydrogen-bond donors (Lipinski definition) is 0. The zero-order valence-electron chi connectivity index (χ0n) is 9.93. The first-order valence-corrected chi connectivity index (χ1v) is 6.06. The topological polar surface area (TPSA) is 63.5 Å². The Morgan fingerprint density at radius 1 is 1.56 bits per heavy atom. The van der Waals surface area contributed by atoms with Crippen LogP contribution in [0.2, 0.25) is 5.02 Å². The molecule has 1 saturated carbocycles. The van der Waals surface area contributed by atoms with E-state index in [-0.39, 0.29) is 16.6 Å². The highest BCUT2D eigenvalue weighted by molar-refractivity contribution is 6.34. The number of halogens is 1. The molecule has 6 heteroatoms. The smallest absolute Gasteiger partial charge is 0.270 e. The molecule has 0 aliphatic heterocycles. The van der Waals surface area contributed by atoms with Crippen LogP contribution < -0.4 is 0 Å². The Bertz CT molecular complexity index is 500. The minimum absolute atomic E-state index is 0.110. The largest absolute Gasteiger partial charge is 0.341 e. The highest BCUT2D eigenvalue weighted by Gasteiger charge is 2.26. The van der Waals surface area contributed by atoms with Crippen molar-refractivity contribution >= 4 is 23.2 Å². The summed E-state index contributed by atoms with van der Waals surface area (Å²) in [6, 6.07) is 3.91. The van der Waals surface area contributed by atoms with Gasteiger partial charge in [0, 0.05) is 25.7 Å². The van der Waals surface area contributed by atoms with E-state index in [0.717, 1.165) is 12.8 Å². The van der Waals surface area contributed by atoms with Crippen molar-refractivity contribution in [1.29, 1.82) is 0 Å². The van der Waals surface area contributed by atoms with E-state index in [1.165, 1.54) is 18.2 Å². The van der Waals surface area contributed by atoms with Gasteiger partial charge in [0.25, 0.3) is 11.6 Å². The maximum Gasteiger partial charge on any atom is 0.270 e. The summed E-state index contributed by atoms with van der Waals surface area (Å²) in [4.78, 5) is 23.7. The number of amides is 1. The van der Waals surface area contributed by atoms with Crippen LogP contribution in [0.1, 0.15) is 23.2 Å². The average molecular weight is 269 g/mol. The SMILES string of the molecule is CN(CC1CC1)C(=O)c1ccc([N+](=O)[O-])cc1Cl. The van der Waals surface area contributed by atoms with E-state index in [9.17, 15) is 14.9 Å². The predicted octanol–water partition coefficient (Wildman–Crippen LogP) is 2.73. The normalized spacial score (nSPS) is 14.3. The van der Waals surface area contributed by atoms with Crippen LogP contribution in [0, 0.1) is 16.0 Å².